The minimum atomic E-state index is -4.54. The molecule has 0 radical (unpaired) electrons. The van der Waals surface area contributed by atoms with E-state index in [0.29, 0.717) is 0 Å². The number of hydrogen-bond donors (Lipinski definition) is 1. The van der Waals surface area contributed by atoms with Crippen LogP contribution in [0.4, 0.5) is 18.9 Å². The van der Waals surface area contributed by atoms with Crippen LogP contribution in [0, 0.1) is 0 Å². The summed E-state index contributed by atoms with van der Waals surface area (Å²) in [6, 6.07) is 10.1. The van der Waals surface area contributed by atoms with Crippen molar-refractivity contribution in [2.45, 2.75) is 43.3 Å². The number of benzene rings is 2. The van der Waals surface area contributed by atoms with Crippen LogP contribution in [-0.4, -0.2) is 26.9 Å². The van der Waals surface area contributed by atoms with Gasteiger partial charge in [-0.05, 0) is 56.7 Å². The molecule has 0 fully saturated rings. The molecule has 1 N–H and O–H groups in total. The predicted octanol–water partition coefficient (Wildman–Crippen LogP) is 3.70. The number of hydrogen-bond acceptors (Lipinski definition) is 3. The van der Waals surface area contributed by atoms with Crippen LogP contribution in [0.2, 0.25) is 0 Å². The largest absolute Gasteiger partial charge is 0.416 e. The summed E-state index contributed by atoms with van der Waals surface area (Å²) in [7, 11) is -4.03. The molecule has 5 nitrogen and oxygen atoms in total. The lowest BCUT2D eigenvalue weighted by Crippen LogP contribution is -2.46. The summed E-state index contributed by atoms with van der Waals surface area (Å²) in [5.74, 6) is -0.139. The van der Waals surface area contributed by atoms with Gasteiger partial charge in [0.1, 0.15) is 0 Å². The highest BCUT2D eigenvalue weighted by Crippen LogP contribution is 2.42. The molecule has 1 atom stereocenters. The second-order valence-corrected chi connectivity index (χ2v) is 9.31. The number of alkyl halides is 3. The molecule has 1 amide bonds. The first-order valence-electron chi connectivity index (χ1n) is 8.96. The maximum Gasteiger partial charge on any atom is 0.416 e. The molecule has 29 heavy (non-hydrogen) atoms. The summed E-state index contributed by atoms with van der Waals surface area (Å²) >= 11 is 0. The minimum Gasteiger partial charge on any atom is -0.307 e. The Morgan fingerprint density at radius 2 is 1.66 bits per heavy atom. The van der Waals surface area contributed by atoms with E-state index in [9.17, 15) is 26.4 Å². The van der Waals surface area contributed by atoms with Crippen molar-refractivity contribution in [1.29, 1.82) is 0 Å². The van der Waals surface area contributed by atoms with Gasteiger partial charge in [-0.15, -0.1) is 0 Å². The molecule has 0 saturated heterocycles. The van der Waals surface area contributed by atoms with E-state index >= 15 is 0 Å². The molecule has 0 spiro atoms. The van der Waals surface area contributed by atoms with Crippen LogP contribution in [0.5, 0.6) is 0 Å². The molecule has 1 aliphatic heterocycles. The van der Waals surface area contributed by atoms with Gasteiger partial charge in [-0.2, -0.15) is 13.2 Å². The first kappa shape index (κ1) is 21.3. The number of nitrogens with zero attached hydrogens (tertiary/aromatic N) is 1. The number of anilines is 1. The van der Waals surface area contributed by atoms with E-state index < -0.39 is 33.2 Å². The summed E-state index contributed by atoms with van der Waals surface area (Å²) in [6.07, 6.45) is -4.54. The fraction of sp³-hybridized carbons (Fsp3) is 0.350. The maximum atomic E-state index is 12.9. The van der Waals surface area contributed by atoms with E-state index in [1.807, 2.05) is 32.0 Å². The Balaban J connectivity index is 1.77. The van der Waals surface area contributed by atoms with Gasteiger partial charge in [0.05, 0.1) is 15.9 Å². The molecule has 2 aromatic rings. The van der Waals surface area contributed by atoms with Gasteiger partial charge < -0.3 is 4.90 Å². The third-order valence-corrected chi connectivity index (χ3v) is 6.53. The molecule has 3 rings (SSSR count). The number of fused-ring (bicyclic) bond motifs is 1. The van der Waals surface area contributed by atoms with Crippen molar-refractivity contribution in [2.24, 2.45) is 0 Å². The van der Waals surface area contributed by atoms with Gasteiger partial charge >= 0.3 is 6.18 Å². The van der Waals surface area contributed by atoms with Crippen LogP contribution < -0.4 is 9.62 Å². The summed E-state index contributed by atoms with van der Waals surface area (Å²) in [6.45, 7) is 5.26. The SMILES string of the molecule is CC(CNS(=O)(=O)c1ccc(C(F)(F)F)cc1)N1C(=O)C(C)(C)c2ccccc21. The fourth-order valence-corrected chi connectivity index (χ4v) is 4.53. The lowest BCUT2D eigenvalue weighted by atomic mass is 9.86. The van der Waals surface area contributed by atoms with Gasteiger partial charge in [0.25, 0.3) is 0 Å². The standard InChI is InChI=1S/C20H21F3N2O3S/c1-13(25-17-7-5-4-6-16(17)19(2,3)18(25)26)12-24-29(27,28)15-10-8-14(9-11-15)20(21,22)23/h4-11,13,24H,12H2,1-3H3. The van der Waals surface area contributed by atoms with Crippen molar-refractivity contribution < 1.29 is 26.4 Å². The predicted molar refractivity (Wildman–Crippen MR) is 103 cm³/mol. The van der Waals surface area contributed by atoms with E-state index in [1.165, 1.54) is 0 Å². The number of carbonyl (C=O) groups is 1. The van der Waals surface area contributed by atoms with E-state index in [-0.39, 0.29) is 17.3 Å². The highest BCUT2D eigenvalue weighted by molar-refractivity contribution is 7.89. The van der Waals surface area contributed by atoms with Gasteiger partial charge in [0.2, 0.25) is 15.9 Å². The molecule has 1 unspecified atom stereocenters. The molecular formula is C20H21F3N2O3S. The van der Waals surface area contributed by atoms with Crippen molar-refractivity contribution in [3.8, 4) is 0 Å². The summed E-state index contributed by atoms with van der Waals surface area (Å²) in [4.78, 5) is 14.2. The zero-order valence-corrected chi connectivity index (χ0v) is 16.9. The van der Waals surface area contributed by atoms with Crippen LogP contribution in [-0.2, 0) is 26.4 Å². The minimum absolute atomic E-state index is 0.0838. The number of rotatable bonds is 5. The second-order valence-electron chi connectivity index (χ2n) is 7.54. The highest BCUT2D eigenvalue weighted by atomic mass is 32.2. The number of nitrogens with one attached hydrogen (secondary N) is 1. The number of carbonyl (C=O) groups excluding carboxylic acids is 1. The van der Waals surface area contributed by atoms with Gasteiger partial charge in [0.15, 0.2) is 0 Å². The maximum absolute atomic E-state index is 12.9. The average molecular weight is 426 g/mol. The van der Waals surface area contributed by atoms with Crippen molar-refractivity contribution in [2.75, 3.05) is 11.4 Å². The van der Waals surface area contributed by atoms with Crippen LogP contribution in [0.1, 0.15) is 31.9 Å². The zero-order valence-electron chi connectivity index (χ0n) is 16.1. The van der Waals surface area contributed by atoms with Crippen molar-refractivity contribution >= 4 is 21.6 Å². The van der Waals surface area contributed by atoms with E-state index in [2.05, 4.69) is 4.72 Å². The topological polar surface area (TPSA) is 66.5 Å². The number of halogens is 3. The summed E-state index contributed by atoms with van der Waals surface area (Å²) in [5, 5.41) is 0. The van der Waals surface area contributed by atoms with Gasteiger partial charge in [-0.1, -0.05) is 18.2 Å². The fourth-order valence-electron chi connectivity index (χ4n) is 3.40. The van der Waals surface area contributed by atoms with Gasteiger partial charge in [0, 0.05) is 18.3 Å². The van der Waals surface area contributed by atoms with Crippen LogP contribution in [0.3, 0.4) is 0 Å². The first-order valence-corrected chi connectivity index (χ1v) is 10.4. The third kappa shape index (κ3) is 3.89. The quantitative estimate of drug-likeness (QED) is 0.793. The highest BCUT2D eigenvalue weighted by Gasteiger charge is 2.45. The van der Waals surface area contributed by atoms with Crippen molar-refractivity contribution in [1.82, 2.24) is 4.72 Å². The van der Waals surface area contributed by atoms with Gasteiger partial charge in [-0.3, -0.25) is 4.79 Å². The smallest absolute Gasteiger partial charge is 0.307 e. The van der Waals surface area contributed by atoms with E-state index in [4.69, 9.17) is 0 Å². The molecule has 2 aromatic carbocycles. The van der Waals surface area contributed by atoms with E-state index in [0.717, 1.165) is 35.5 Å². The zero-order chi connectivity index (χ0) is 21.6. The first-order chi connectivity index (χ1) is 13.4. The van der Waals surface area contributed by atoms with Crippen LogP contribution in [0.15, 0.2) is 53.4 Å². The monoisotopic (exact) mass is 426 g/mol. The number of sulfonamides is 1. The van der Waals surface area contributed by atoms with Crippen molar-refractivity contribution in [3.63, 3.8) is 0 Å². The Kier molecular flexibility index (Phi) is 5.25. The molecule has 156 valence electrons. The molecule has 0 aromatic heterocycles. The molecular weight excluding hydrogens is 405 g/mol. The second kappa shape index (κ2) is 7.14. The summed E-state index contributed by atoms with van der Waals surface area (Å²) in [5.41, 5.74) is -0.0607. The molecule has 1 aliphatic rings. The lowest BCUT2D eigenvalue weighted by molar-refractivity contribution is -0.137. The summed E-state index contributed by atoms with van der Waals surface area (Å²) < 4.78 is 65.3. The molecule has 9 heteroatoms. The van der Waals surface area contributed by atoms with E-state index in [1.54, 1.807) is 17.9 Å². The lowest BCUT2D eigenvalue weighted by Gasteiger charge is -2.27. The number of amides is 1. The Morgan fingerprint density at radius 1 is 1.07 bits per heavy atom. The Morgan fingerprint density at radius 3 is 2.24 bits per heavy atom. The molecule has 1 heterocycles. The Bertz CT molecular complexity index is 1030. The molecule has 0 bridgehead atoms. The Labute approximate surface area is 167 Å². The third-order valence-electron chi connectivity index (χ3n) is 5.09. The molecule has 0 aliphatic carbocycles. The van der Waals surface area contributed by atoms with Crippen molar-refractivity contribution in [3.05, 3.63) is 59.7 Å². The van der Waals surface area contributed by atoms with Crippen LogP contribution >= 0.6 is 0 Å². The Hall–Kier alpha value is -2.39. The van der Waals surface area contributed by atoms with Gasteiger partial charge in [-0.25, -0.2) is 13.1 Å². The normalized spacial score (nSPS) is 17.3. The number of para-hydroxylation sites is 1. The average Bonchev–Trinajstić information content (AvgIpc) is 2.86. The van der Waals surface area contributed by atoms with Crippen LogP contribution in [0.25, 0.3) is 0 Å². The molecule has 0 saturated carbocycles.